The van der Waals surface area contributed by atoms with Gasteiger partial charge in [-0.3, -0.25) is 5.01 Å². The van der Waals surface area contributed by atoms with Gasteiger partial charge >= 0.3 is 0 Å². The van der Waals surface area contributed by atoms with Gasteiger partial charge in [-0.25, -0.2) is 0 Å². The summed E-state index contributed by atoms with van der Waals surface area (Å²) in [5, 5.41) is 5.70. The minimum absolute atomic E-state index is 1.03. The average Bonchev–Trinajstić information content (AvgIpc) is 1.65. The quantitative estimate of drug-likeness (QED) is 0.390. The van der Waals surface area contributed by atoms with Crippen molar-refractivity contribution in [3.8, 4) is 0 Å². The lowest BCUT2D eigenvalue weighted by atomic mass is 10.5. The lowest BCUT2D eigenvalue weighted by Crippen LogP contribution is -2.02. The Bertz CT molecular complexity index is 101. The van der Waals surface area contributed by atoms with Crippen molar-refractivity contribution in [2.45, 2.75) is 13.8 Å². The molecule has 0 aromatic heterocycles. The zero-order valence-corrected chi connectivity index (χ0v) is 5.68. The molecule has 0 saturated heterocycles. The van der Waals surface area contributed by atoms with Crippen molar-refractivity contribution in [3.63, 3.8) is 0 Å². The first kappa shape index (κ1) is 7.21. The Hall–Kier alpha value is -0.790. The predicted octanol–water partition coefficient (Wildman–Crippen LogP) is 1.46. The van der Waals surface area contributed by atoms with E-state index in [1.807, 2.05) is 20.9 Å². The van der Waals surface area contributed by atoms with Crippen LogP contribution in [-0.2, 0) is 0 Å². The second-order valence-corrected chi connectivity index (χ2v) is 1.80. The van der Waals surface area contributed by atoms with E-state index in [0.717, 1.165) is 5.71 Å². The number of hydrogen-bond acceptors (Lipinski definition) is 2. The van der Waals surface area contributed by atoms with Crippen LogP contribution in [-0.4, -0.2) is 17.8 Å². The Balaban J connectivity index is 3.68. The number of hydrazone groups is 1. The molecular weight excluding hydrogens is 100 g/mol. The van der Waals surface area contributed by atoms with Crippen LogP contribution in [0.25, 0.3) is 0 Å². The Morgan fingerprint density at radius 3 is 2.25 bits per heavy atom. The van der Waals surface area contributed by atoms with E-state index in [4.69, 9.17) is 0 Å². The molecular formula is C6H12N2. The third-order valence-electron chi connectivity index (χ3n) is 0.622. The van der Waals surface area contributed by atoms with Gasteiger partial charge < -0.3 is 0 Å². The standard InChI is InChI=1S/C6H12N2/c1-5-8(4)7-6(2)3/h5H,1H2,2-4H3. The highest BCUT2D eigenvalue weighted by Crippen LogP contribution is 1.83. The SMILES string of the molecule is C=CN(C)N=C(C)C. The van der Waals surface area contributed by atoms with E-state index in [-0.39, 0.29) is 0 Å². The first-order valence-electron chi connectivity index (χ1n) is 2.54. The summed E-state index contributed by atoms with van der Waals surface area (Å²) in [5.74, 6) is 0. The molecule has 0 atom stereocenters. The van der Waals surface area contributed by atoms with Crippen LogP contribution in [0.5, 0.6) is 0 Å². The summed E-state index contributed by atoms with van der Waals surface area (Å²) in [5.41, 5.74) is 1.03. The molecule has 2 heteroatoms. The van der Waals surface area contributed by atoms with Crippen molar-refractivity contribution in [2.75, 3.05) is 7.05 Å². The van der Waals surface area contributed by atoms with Gasteiger partial charge in [-0.2, -0.15) is 5.10 Å². The number of nitrogens with zero attached hydrogens (tertiary/aromatic N) is 2. The highest BCUT2D eigenvalue weighted by molar-refractivity contribution is 5.78. The molecule has 0 heterocycles. The van der Waals surface area contributed by atoms with E-state index in [2.05, 4.69) is 11.7 Å². The highest BCUT2D eigenvalue weighted by atomic mass is 15.4. The maximum absolute atomic E-state index is 4.03. The molecule has 0 N–H and O–H groups in total. The van der Waals surface area contributed by atoms with Gasteiger partial charge in [0, 0.05) is 19.0 Å². The van der Waals surface area contributed by atoms with Gasteiger partial charge in [0.05, 0.1) is 0 Å². The van der Waals surface area contributed by atoms with Crippen molar-refractivity contribution >= 4 is 5.71 Å². The van der Waals surface area contributed by atoms with E-state index in [1.165, 1.54) is 0 Å². The third kappa shape index (κ3) is 3.40. The van der Waals surface area contributed by atoms with Gasteiger partial charge in [-0.05, 0) is 13.8 Å². The summed E-state index contributed by atoms with van der Waals surface area (Å²) >= 11 is 0. The minimum atomic E-state index is 1.03. The summed E-state index contributed by atoms with van der Waals surface area (Å²) < 4.78 is 0. The van der Waals surface area contributed by atoms with Crippen LogP contribution < -0.4 is 0 Å². The van der Waals surface area contributed by atoms with Crippen LogP contribution in [0.2, 0.25) is 0 Å². The Morgan fingerprint density at radius 1 is 1.62 bits per heavy atom. The molecule has 0 aliphatic carbocycles. The normalized spacial score (nSPS) is 7.88. The van der Waals surface area contributed by atoms with Gasteiger partial charge in [0.25, 0.3) is 0 Å². The van der Waals surface area contributed by atoms with E-state index in [9.17, 15) is 0 Å². The van der Waals surface area contributed by atoms with E-state index >= 15 is 0 Å². The molecule has 0 aromatic rings. The van der Waals surface area contributed by atoms with Crippen LogP contribution in [0.1, 0.15) is 13.8 Å². The molecule has 0 radical (unpaired) electrons. The largest absolute Gasteiger partial charge is 0.277 e. The lowest BCUT2D eigenvalue weighted by molar-refractivity contribution is 0.491. The fourth-order valence-electron chi connectivity index (χ4n) is 0.356. The molecule has 8 heavy (non-hydrogen) atoms. The summed E-state index contributed by atoms with van der Waals surface area (Å²) in [6.07, 6.45) is 1.66. The Morgan fingerprint density at radius 2 is 2.12 bits per heavy atom. The van der Waals surface area contributed by atoms with Crippen LogP contribution in [0, 0.1) is 0 Å². The highest BCUT2D eigenvalue weighted by Gasteiger charge is 1.79. The lowest BCUT2D eigenvalue weighted by Gasteiger charge is -2.04. The van der Waals surface area contributed by atoms with Crippen LogP contribution in [0.4, 0.5) is 0 Å². The Kier molecular flexibility index (Phi) is 2.92. The molecule has 0 aliphatic heterocycles. The van der Waals surface area contributed by atoms with Gasteiger partial charge in [-0.15, -0.1) is 0 Å². The van der Waals surface area contributed by atoms with Gasteiger partial charge in [0.1, 0.15) is 0 Å². The van der Waals surface area contributed by atoms with Crippen LogP contribution in [0.15, 0.2) is 17.9 Å². The second kappa shape index (κ2) is 3.24. The zero-order valence-electron chi connectivity index (χ0n) is 5.68. The molecule has 0 saturated carbocycles. The van der Waals surface area contributed by atoms with E-state index in [0.29, 0.717) is 0 Å². The van der Waals surface area contributed by atoms with Crippen molar-refractivity contribution in [1.29, 1.82) is 0 Å². The van der Waals surface area contributed by atoms with Crippen molar-refractivity contribution in [2.24, 2.45) is 5.10 Å². The molecule has 0 unspecified atom stereocenters. The van der Waals surface area contributed by atoms with Crippen molar-refractivity contribution in [1.82, 2.24) is 5.01 Å². The summed E-state index contributed by atoms with van der Waals surface area (Å²) in [4.78, 5) is 0. The van der Waals surface area contributed by atoms with Crippen LogP contribution in [0.3, 0.4) is 0 Å². The second-order valence-electron chi connectivity index (χ2n) is 1.80. The molecule has 46 valence electrons. The molecule has 0 rings (SSSR count). The first-order chi connectivity index (χ1) is 3.66. The summed E-state index contributed by atoms with van der Waals surface area (Å²) in [6, 6.07) is 0. The topological polar surface area (TPSA) is 15.6 Å². The predicted molar refractivity (Wildman–Crippen MR) is 36.7 cm³/mol. The fraction of sp³-hybridized carbons (Fsp3) is 0.500. The number of rotatable bonds is 2. The average molecular weight is 112 g/mol. The van der Waals surface area contributed by atoms with Crippen molar-refractivity contribution < 1.29 is 0 Å². The molecule has 0 aliphatic rings. The molecule has 0 amide bonds. The number of hydrogen-bond donors (Lipinski definition) is 0. The smallest absolute Gasteiger partial charge is 0.0322 e. The first-order valence-corrected chi connectivity index (χ1v) is 2.54. The third-order valence-corrected chi connectivity index (χ3v) is 0.622. The summed E-state index contributed by atoms with van der Waals surface area (Å²) in [7, 11) is 1.85. The molecule has 0 bridgehead atoms. The van der Waals surface area contributed by atoms with Gasteiger partial charge in [0.2, 0.25) is 0 Å². The zero-order chi connectivity index (χ0) is 6.57. The van der Waals surface area contributed by atoms with Gasteiger partial charge in [0.15, 0.2) is 0 Å². The van der Waals surface area contributed by atoms with Crippen molar-refractivity contribution in [3.05, 3.63) is 12.8 Å². The monoisotopic (exact) mass is 112 g/mol. The Labute approximate surface area is 50.5 Å². The summed E-state index contributed by atoms with van der Waals surface area (Å²) in [6.45, 7) is 7.42. The maximum Gasteiger partial charge on any atom is 0.0322 e. The molecule has 0 spiro atoms. The fourth-order valence-corrected chi connectivity index (χ4v) is 0.356. The van der Waals surface area contributed by atoms with E-state index in [1.54, 1.807) is 11.2 Å². The van der Waals surface area contributed by atoms with Gasteiger partial charge in [-0.1, -0.05) is 6.58 Å². The molecule has 0 aromatic carbocycles. The van der Waals surface area contributed by atoms with Crippen LogP contribution >= 0.6 is 0 Å². The molecule has 2 nitrogen and oxygen atoms in total. The maximum atomic E-state index is 4.03. The van der Waals surface area contributed by atoms with E-state index < -0.39 is 0 Å². The minimum Gasteiger partial charge on any atom is -0.277 e. The molecule has 0 fully saturated rings.